The minimum atomic E-state index is 0.0371. The van der Waals surface area contributed by atoms with E-state index in [-0.39, 0.29) is 6.03 Å². The molecule has 4 heteroatoms. The Morgan fingerprint density at radius 2 is 2.00 bits per heavy atom. The summed E-state index contributed by atoms with van der Waals surface area (Å²) in [6, 6.07) is 0.459. The molecular weight excluding hydrogens is 238 g/mol. The van der Waals surface area contributed by atoms with E-state index in [1.165, 1.54) is 38.8 Å². The standard InChI is InChI=1S/C15H29N3O/c1-2-18-11-5-6-13(12-18)9-10-16-15(19)17-14-7-3-4-8-14/h13-14H,2-12H2,1H3,(H2,16,17,19). The van der Waals surface area contributed by atoms with Crippen LogP contribution < -0.4 is 10.6 Å². The van der Waals surface area contributed by atoms with Crippen LogP contribution >= 0.6 is 0 Å². The number of nitrogens with one attached hydrogen (secondary N) is 2. The molecule has 1 aliphatic heterocycles. The van der Waals surface area contributed by atoms with Crippen molar-refractivity contribution in [3.8, 4) is 0 Å². The molecule has 1 unspecified atom stereocenters. The molecule has 0 aromatic carbocycles. The second kappa shape index (κ2) is 7.73. The molecule has 19 heavy (non-hydrogen) atoms. The van der Waals surface area contributed by atoms with Gasteiger partial charge in [0.1, 0.15) is 0 Å². The van der Waals surface area contributed by atoms with Crippen molar-refractivity contribution in [3.63, 3.8) is 0 Å². The molecule has 0 bridgehead atoms. The summed E-state index contributed by atoms with van der Waals surface area (Å²) in [5.41, 5.74) is 0. The van der Waals surface area contributed by atoms with Gasteiger partial charge in [-0.3, -0.25) is 0 Å². The highest BCUT2D eigenvalue weighted by Gasteiger charge is 2.19. The van der Waals surface area contributed by atoms with E-state index < -0.39 is 0 Å². The Hall–Kier alpha value is -0.770. The Kier molecular flexibility index (Phi) is 5.95. The van der Waals surface area contributed by atoms with Gasteiger partial charge in [0.25, 0.3) is 0 Å². The number of hydrogen-bond donors (Lipinski definition) is 2. The molecule has 1 aliphatic carbocycles. The molecule has 0 aromatic rings. The fourth-order valence-electron chi connectivity index (χ4n) is 3.37. The van der Waals surface area contributed by atoms with Crippen molar-refractivity contribution in [2.24, 2.45) is 5.92 Å². The summed E-state index contributed by atoms with van der Waals surface area (Å²) in [7, 11) is 0. The van der Waals surface area contributed by atoms with Crippen molar-refractivity contribution in [2.75, 3.05) is 26.2 Å². The van der Waals surface area contributed by atoms with Crippen LogP contribution in [0.3, 0.4) is 0 Å². The van der Waals surface area contributed by atoms with Crippen LogP contribution in [0, 0.1) is 5.92 Å². The van der Waals surface area contributed by atoms with Gasteiger partial charge >= 0.3 is 6.03 Å². The molecule has 2 rings (SSSR count). The normalized spacial score (nSPS) is 25.4. The second-order valence-corrected chi connectivity index (χ2v) is 6.07. The van der Waals surface area contributed by atoms with Crippen LogP contribution in [-0.2, 0) is 0 Å². The molecule has 0 radical (unpaired) electrons. The molecule has 110 valence electrons. The molecule has 2 aliphatic rings. The predicted molar refractivity (Wildman–Crippen MR) is 78.2 cm³/mol. The van der Waals surface area contributed by atoms with Crippen molar-refractivity contribution in [1.82, 2.24) is 15.5 Å². The largest absolute Gasteiger partial charge is 0.338 e. The number of carbonyl (C=O) groups excluding carboxylic acids is 1. The lowest BCUT2D eigenvalue weighted by Crippen LogP contribution is -2.42. The zero-order valence-corrected chi connectivity index (χ0v) is 12.3. The fraction of sp³-hybridized carbons (Fsp3) is 0.933. The summed E-state index contributed by atoms with van der Waals surface area (Å²) in [5, 5.41) is 6.10. The van der Waals surface area contributed by atoms with Crippen LogP contribution in [0.1, 0.15) is 51.9 Å². The van der Waals surface area contributed by atoms with Crippen molar-refractivity contribution in [1.29, 1.82) is 0 Å². The molecule has 1 saturated carbocycles. The smallest absolute Gasteiger partial charge is 0.315 e. The minimum Gasteiger partial charge on any atom is -0.338 e. The second-order valence-electron chi connectivity index (χ2n) is 6.07. The molecule has 2 fully saturated rings. The number of amides is 2. The van der Waals surface area contributed by atoms with Crippen molar-refractivity contribution in [3.05, 3.63) is 0 Å². The number of likely N-dealkylation sites (tertiary alicyclic amines) is 1. The van der Waals surface area contributed by atoms with Gasteiger partial charge in [-0.15, -0.1) is 0 Å². The van der Waals surface area contributed by atoms with Gasteiger partial charge in [0.05, 0.1) is 0 Å². The Balaban J connectivity index is 1.56. The zero-order chi connectivity index (χ0) is 13.5. The zero-order valence-electron chi connectivity index (χ0n) is 12.3. The lowest BCUT2D eigenvalue weighted by atomic mass is 9.95. The van der Waals surface area contributed by atoms with Crippen LogP contribution in [0.25, 0.3) is 0 Å². The summed E-state index contributed by atoms with van der Waals surface area (Å²) in [6.45, 7) is 6.67. The maximum absolute atomic E-state index is 11.7. The van der Waals surface area contributed by atoms with Crippen LogP contribution in [0.15, 0.2) is 0 Å². The first-order chi connectivity index (χ1) is 9.28. The predicted octanol–water partition coefficient (Wildman–Crippen LogP) is 2.35. The topological polar surface area (TPSA) is 44.4 Å². The van der Waals surface area contributed by atoms with Gasteiger partial charge in [-0.1, -0.05) is 19.8 Å². The summed E-state index contributed by atoms with van der Waals surface area (Å²) in [6.07, 6.45) is 8.59. The Bertz CT molecular complexity index is 277. The number of nitrogens with zero attached hydrogens (tertiary/aromatic N) is 1. The minimum absolute atomic E-state index is 0.0371. The third-order valence-electron chi connectivity index (χ3n) is 4.58. The number of carbonyl (C=O) groups is 1. The molecule has 0 spiro atoms. The van der Waals surface area contributed by atoms with E-state index in [0.717, 1.165) is 38.3 Å². The van der Waals surface area contributed by atoms with E-state index in [2.05, 4.69) is 22.5 Å². The number of rotatable bonds is 5. The van der Waals surface area contributed by atoms with Crippen LogP contribution in [0.4, 0.5) is 4.79 Å². The molecule has 1 heterocycles. The molecule has 4 nitrogen and oxygen atoms in total. The Morgan fingerprint density at radius 3 is 2.74 bits per heavy atom. The van der Waals surface area contributed by atoms with Gasteiger partial charge < -0.3 is 15.5 Å². The maximum atomic E-state index is 11.7. The number of hydrogen-bond acceptors (Lipinski definition) is 2. The van der Waals surface area contributed by atoms with Crippen LogP contribution in [-0.4, -0.2) is 43.2 Å². The SMILES string of the molecule is CCN1CCCC(CCNC(=O)NC2CCCC2)C1. The summed E-state index contributed by atoms with van der Waals surface area (Å²) in [5.74, 6) is 0.764. The van der Waals surface area contributed by atoms with Crippen LogP contribution in [0.5, 0.6) is 0 Å². The van der Waals surface area contributed by atoms with E-state index in [9.17, 15) is 4.79 Å². The average Bonchev–Trinajstić information content (AvgIpc) is 2.92. The molecule has 2 N–H and O–H groups in total. The van der Waals surface area contributed by atoms with Gasteiger partial charge in [0.2, 0.25) is 0 Å². The quantitative estimate of drug-likeness (QED) is 0.803. The molecule has 1 saturated heterocycles. The lowest BCUT2D eigenvalue weighted by molar-refractivity contribution is 0.175. The summed E-state index contributed by atoms with van der Waals surface area (Å²) in [4.78, 5) is 14.2. The maximum Gasteiger partial charge on any atom is 0.315 e. The van der Waals surface area contributed by atoms with Crippen LogP contribution in [0.2, 0.25) is 0 Å². The number of urea groups is 1. The van der Waals surface area contributed by atoms with Gasteiger partial charge in [0.15, 0.2) is 0 Å². The van der Waals surface area contributed by atoms with E-state index in [1.807, 2.05) is 0 Å². The monoisotopic (exact) mass is 267 g/mol. The average molecular weight is 267 g/mol. The van der Waals surface area contributed by atoms with Gasteiger partial charge in [0, 0.05) is 19.1 Å². The van der Waals surface area contributed by atoms with Crippen molar-refractivity contribution >= 4 is 6.03 Å². The van der Waals surface area contributed by atoms with E-state index in [0.29, 0.717) is 6.04 Å². The highest BCUT2D eigenvalue weighted by atomic mass is 16.2. The molecular formula is C15H29N3O. The van der Waals surface area contributed by atoms with Gasteiger partial charge in [-0.25, -0.2) is 4.79 Å². The van der Waals surface area contributed by atoms with Crippen molar-refractivity contribution < 1.29 is 4.79 Å². The third kappa shape index (κ3) is 5.01. The third-order valence-corrected chi connectivity index (χ3v) is 4.58. The van der Waals surface area contributed by atoms with Crippen molar-refractivity contribution in [2.45, 2.75) is 57.9 Å². The fourth-order valence-corrected chi connectivity index (χ4v) is 3.37. The van der Waals surface area contributed by atoms with E-state index in [4.69, 9.17) is 0 Å². The molecule has 2 amide bonds. The molecule has 0 aromatic heterocycles. The Labute approximate surface area is 117 Å². The first-order valence-corrected chi connectivity index (χ1v) is 8.04. The van der Waals surface area contributed by atoms with E-state index in [1.54, 1.807) is 0 Å². The number of piperidine rings is 1. The first kappa shape index (κ1) is 14.6. The summed E-state index contributed by atoms with van der Waals surface area (Å²) < 4.78 is 0. The Morgan fingerprint density at radius 1 is 1.21 bits per heavy atom. The summed E-state index contributed by atoms with van der Waals surface area (Å²) >= 11 is 0. The molecule has 1 atom stereocenters. The van der Waals surface area contributed by atoms with Gasteiger partial charge in [-0.05, 0) is 51.1 Å². The first-order valence-electron chi connectivity index (χ1n) is 8.04. The van der Waals surface area contributed by atoms with E-state index >= 15 is 0 Å². The van der Waals surface area contributed by atoms with Gasteiger partial charge in [-0.2, -0.15) is 0 Å². The highest BCUT2D eigenvalue weighted by molar-refractivity contribution is 5.74. The lowest BCUT2D eigenvalue weighted by Gasteiger charge is -2.31. The highest BCUT2D eigenvalue weighted by Crippen LogP contribution is 2.19.